The van der Waals surface area contributed by atoms with Crippen LogP contribution in [0.3, 0.4) is 0 Å². The molecule has 1 aliphatic rings. The van der Waals surface area contributed by atoms with Crippen LogP contribution in [0.25, 0.3) is 0 Å². The van der Waals surface area contributed by atoms with Gasteiger partial charge in [-0.2, -0.15) is 0 Å². The first-order valence-electron chi connectivity index (χ1n) is 6.70. The molecule has 0 bridgehead atoms. The van der Waals surface area contributed by atoms with E-state index in [4.69, 9.17) is 0 Å². The first-order valence-corrected chi connectivity index (χ1v) is 6.70. The molecule has 0 aliphatic heterocycles. The molecule has 1 unspecified atom stereocenters. The van der Waals surface area contributed by atoms with E-state index in [1.54, 1.807) is 6.07 Å². The van der Waals surface area contributed by atoms with Crippen molar-refractivity contribution in [1.29, 1.82) is 0 Å². The number of amides is 1. The average Bonchev–Trinajstić information content (AvgIpc) is 3.21. The van der Waals surface area contributed by atoms with Crippen LogP contribution in [-0.4, -0.2) is 23.2 Å². The van der Waals surface area contributed by atoms with Gasteiger partial charge in [0.2, 0.25) is 5.91 Å². The molecule has 0 aromatic heterocycles. The summed E-state index contributed by atoms with van der Waals surface area (Å²) in [5.41, 5.74) is 0.311. The van der Waals surface area contributed by atoms with E-state index in [9.17, 15) is 14.3 Å². The van der Waals surface area contributed by atoms with Gasteiger partial charge < -0.3 is 10.4 Å². The summed E-state index contributed by atoms with van der Waals surface area (Å²) in [6.07, 6.45) is 2.93. The lowest BCUT2D eigenvalue weighted by molar-refractivity contribution is -0.123. The summed E-state index contributed by atoms with van der Waals surface area (Å²) in [6.45, 7) is 1.84. The molecular formula is C15H20FNO2. The Morgan fingerprint density at radius 2 is 2.26 bits per heavy atom. The zero-order valence-corrected chi connectivity index (χ0v) is 11.2. The van der Waals surface area contributed by atoms with Crippen LogP contribution in [0.15, 0.2) is 24.3 Å². The van der Waals surface area contributed by atoms with Crippen LogP contribution in [-0.2, 0) is 11.2 Å². The van der Waals surface area contributed by atoms with Crippen molar-refractivity contribution in [2.24, 2.45) is 5.92 Å². The highest BCUT2D eigenvalue weighted by Gasteiger charge is 2.41. The summed E-state index contributed by atoms with van der Waals surface area (Å²) >= 11 is 0. The van der Waals surface area contributed by atoms with Crippen molar-refractivity contribution in [3.05, 3.63) is 35.6 Å². The van der Waals surface area contributed by atoms with Gasteiger partial charge in [-0.1, -0.05) is 12.1 Å². The Morgan fingerprint density at radius 1 is 1.53 bits per heavy atom. The first-order chi connectivity index (χ1) is 9.03. The predicted octanol–water partition coefficient (Wildman–Crippen LogP) is 2.04. The number of hydrogen-bond acceptors (Lipinski definition) is 2. The predicted molar refractivity (Wildman–Crippen MR) is 71.1 cm³/mol. The fourth-order valence-corrected chi connectivity index (χ4v) is 2.32. The Hall–Kier alpha value is -1.42. The number of hydrogen-bond donors (Lipinski definition) is 2. The normalized spacial score (nSPS) is 17.8. The molecule has 1 saturated carbocycles. The summed E-state index contributed by atoms with van der Waals surface area (Å²) in [6, 6.07) is 6.28. The summed E-state index contributed by atoms with van der Waals surface area (Å²) in [5.74, 6) is 0.0133. The number of aliphatic hydroxyl groups excluding tert-OH is 1. The fraction of sp³-hybridized carbons (Fsp3) is 0.533. The second kappa shape index (κ2) is 5.70. The van der Waals surface area contributed by atoms with Gasteiger partial charge in [-0.15, -0.1) is 0 Å². The van der Waals surface area contributed by atoms with Crippen LogP contribution < -0.4 is 5.32 Å². The molecule has 2 rings (SSSR count). The fourth-order valence-electron chi connectivity index (χ4n) is 2.32. The standard InChI is InChI=1S/C15H20FNO2/c1-15(10-18,12-6-7-12)17-14(19)8-5-11-3-2-4-13(16)9-11/h2-4,9,12,18H,5-8,10H2,1H3,(H,17,19). The molecule has 1 fully saturated rings. The van der Waals surface area contributed by atoms with Crippen LogP contribution in [0.2, 0.25) is 0 Å². The van der Waals surface area contributed by atoms with Gasteiger partial charge in [0.1, 0.15) is 5.82 Å². The molecule has 19 heavy (non-hydrogen) atoms. The molecule has 1 amide bonds. The maximum Gasteiger partial charge on any atom is 0.220 e. The van der Waals surface area contributed by atoms with Gasteiger partial charge >= 0.3 is 0 Å². The van der Waals surface area contributed by atoms with Gasteiger partial charge in [-0.25, -0.2) is 4.39 Å². The number of benzene rings is 1. The van der Waals surface area contributed by atoms with Gasteiger partial charge in [-0.3, -0.25) is 4.79 Å². The zero-order valence-electron chi connectivity index (χ0n) is 11.2. The van der Waals surface area contributed by atoms with E-state index in [0.29, 0.717) is 18.8 Å². The molecule has 2 N–H and O–H groups in total. The van der Waals surface area contributed by atoms with Crippen LogP contribution in [0, 0.1) is 11.7 Å². The number of carbonyl (C=O) groups excluding carboxylic acids is 1. The Kier molecular flexibility index (Phi) is 4.20. The minimum Gasteiger partial charge on any atom is -0.394 e. The monoisotopic (exact) mass is 265 g/mol. The van der Waals surface area contributed by atoms with E-state index in [2.05, 4.69) is 5.32 Å². The third-order valence-corrected chi connectivity index (χ3v) is 3.76. The van der Waals surface area contributed by atoms with Crippen LogP contribution in [0.4, 0.5) is 4.39 Å². The lowest BCUT2D eigenvalue weighted by Crippen LogP contribution is -2.50. The summed E-state index contributed by atoms with van der Waals surface area (Å²) in [7, 11) is 0. The molecule has 0 radical (unpaired) electrons. The van der Waals surface area contributed by atoms with Crippen molar-refractivity contribution in [2.45, 2.75) is 38.1 Å². The molecule has 1 atom stereocenters. The van der Waals surface area contributed by atoms with Crippen LogP contribution >= 0.6 is 0 Å². The maximum absolute atomic E-state index is 13.0. The highest BCUT2D eigenvalue weighted by Crippen LogP contribution is 2.39. The van der Waals surface area contributed by atoms with Crippen LogP contribution in [0.5, 0.6) is 0 Å². The van der Waals surface area contributed by atoms with Crippen molar-refractivity contribution in [2.75, 3.05) is 6.61 Å². The minimum absolute atomic E-state index is 0.0383. The van der Waals surface area contributed by atoms with Crippen molar-refractivity contribution < 1.29 is 14.3 Å². The number of carbonyl (C=O) groups is 1. The quantitative estimate of drug-likeness (QED) is 0.827. The van der Waals surface area contributed by atoms with Crippen molar-refractivity contribution in [3.63, 3.8) is 0 Å². The third kappa shape index (κ3) is 3.77. The molecule has 1 aromatic rings. The van der Waals surface area contributed by atoms with Gasteiger partial charge in [-0.05, 0) is 49.8 Å². The molecule has 1 aromatic carbocycles. The second-order valence-electron chi connectivity index (χ2n) is 5.53. The molecule has 104 valence electrons. The molecule has 0 spiro atoms. The van der Waals surface area contributed by atoms with Gasteiger partial charge in [0.25, 0.3) is 0 Å². The maximum atomic E-state index is 13.0. The smallest absolute Gasteiger partial charge is 0.220 e. The van der Waals surface area contributed by atoms with Crippen molar-refractivity contribution in [1.82, 2.24) is 5.32 Å². The van der Waals surface area contributed by atoms with E-state index in [1.807, 2.05) is 13.0 Å². The minimum atomic E-state index is -0.501. The van der Waals surface area contributed by atoms with E-state index in [1.165, 1.54) is 12.1 Å². The third-order valence-electron chi connectivity index (χ3n) is 3.76. The molecule has 1 aliphatic carbocycles. The van der Waals surface area contributed by atoms with E-state index >= 15 is 0 Å². The van der Waals surface area contributed by atoms with Crippen molar-refractivity contribution >= 4 is 5.91 Å². The largest absolute Gasteiger partial charge is 0.394 e. The number of halogens is 1. The van der Waals surface area contributed by atoms with E-state index < -0.39 is 5.54 Å². The highest BCUT2D eigenvalue weighted by molar-refractivity contribution is 5.77. The molecular weight excluding hydrogens is 245 g/mol. The Bertz CT molecular complexity index is 459. The summed E-state index contributed by atoms with van der Waals surface area (Å²) in [4.78, 5) is 11.9. The molecule has 0 heterocycles. The Balaban J connectivity index is 1.84. The van der Waals surface area contributed by atoms with Gasteiger partial charge in [0.15, 0.2) is 0 Å². The van der Waals surface area contributed by atoms with Crippen molar-refractivity contribution in [3.8, 4) is 0 Å². The highest BCUT2D eigenvalue weighted by atomic mass is 19.1. The molecule has 4 heteroatoms. The lowest BCUT2D eigenvalue weighted by atomic mass is 9.96. The first kappa shape index (κ1) is 14.0. The zero-order chi connectivity index (χ0) is 13.9. The van der Waals surface area contributed by atoms with Gasteiger partial charge in [0, 0.05) is 6.42 Å². The van der Waals surface area contributed by atoms with E-state index in [0.717, 1.165) is 18.4 Å². The number of rotatable bonds is 6. The second-order valence-corrected chi connectivity index (χ2v) is 5.53. The van der Waals surface area contributed by atoms with E-state index in [-0.39, 0.29) is 18.3 Å². The molecule has 3 nitrogen and oxygen atoms in total. The topological polar surface area (TPSA) is 49.3 Å². The number of aliphatic hydroxyl groups is 1. The summed E-state index contributed by atoms with van der Waals surface area (Å²) < 4.78 is 13.0. The Morgan fingerprint density at radius 3 is 2.84 bits per heavy atom. The number of aryl methyl sites for hydroxylation is 1. The number of nitrogens with one attached hydrogen (secondary N) is 1. The average molecular weight is 265 g/mol. The SMILES string of the molecule is CC(CO)(NC(=O)CCc1cccc(F)c1)C1CC1. The van der Waals surface area contributed by atoms with Crippen LogP contribution in [0.1, 0.15) is 31.7 Å². The summed E-state index contributed by atoms with van der Waals surface area (Å²) in [5, 5.41) is 12.3. The Labute approximate surface area is 112 Å². The van der Waals surface area contributed by atoms with Gasteiger partial charge in [0.05, 0.1) is 12.1 Å². The molecule has 0 saturated heterocycles. The lowest BCUT2D eigenvalue weighted by Gasteiger charge is -2.28.